The molecule has 2 fully saturated rings. The summed E-state index contributed by atoms with van der Waals surface area (Å²) < 4.78 is 5.84. The third-order valence-electron chi connectivity index (χ3n) is 4.38. The van der Waals surface area contributed by atoms with Gasteiger partial charge in [-0.3, -0.25) is 4.90 Å². The van der Waals surface area contributed by atoms with E-state index < -0.39 is 5.97 Å². The van der Waals surface area contributed by atoms with Crippen LogP contribution in [0.4, 0.5) is 0 Å². The molecule has 0 bridgehead atoms. The summed E-state index contributed by atoms with van der Waals surface area (Å²) in [6.45, 7) is 2.79. The van der Waals surface area contributed by atoms with E-state index >= 15 is 0 Å². The Morgan fingerprint density at radius 3 is 2.90 bits per heavy atom. The highest BCUT2D eigenvalue weighted by molar-refractivity contribution is 5.85. The first kappa shape index (κ1) is 14.3. The Morgan fingerprint density at radius 2 is 2.14 bits per heavy atom. The average molecular weight is 287 g/mol. The summed E-state index contributed by atoms with van der Waals surface area (Å²) in [5.41, 5.74) is 2.19. The van der Waals surface area contributed by atoms with Crippen LogP contribution in [0.1, 0.15) is 30.4 Å². The van der Waals surface area contributed by atoms with E-state index in [1.165, 1.54) is 30.9 Å². The van der Waals surface area contributed by atoms with Gasteiger partial charge in [-0.2, -0.15) is 0 Å². The molecule has 0 amide bonds. The third-order valence-corrected chi connectivity index (χ3v) is 4.38. The molecule has 3 rings (SSSR count). The van der Waals surface area contributed by atoms with E-state index in [2.05, 4.69) is 17.0 Å². The van der Waals surface area contributed by atoms with Crippen molar-refractivity contribution < 1.29 is 14.6 Å². The van der Waals surface area contributed by atoms with E-state index in [1.54, 1.807) is 6.08 Å². The van der Waals surface area contributed by atoms with Gasteiger partial charge in [-0.25, -0.2) is 4.79 Å². The Morgan fingerprint density at radius 1 is 1.33 bits per heavy atom. The van der Waals surface area contributed by atoms with E-state index in [0.29, 0.717) is 12.1 Å². The number of hydrogen-bond acceptors (Lipinski definition) is 3. The van der Waals surface area contributed by atoms with Crippen LogP contribution in [0.15, 0.2) is 30.3 Å². The molecule has 0 spiro atoms. The topological polar surface area (TPSA) is 49.8 Å². The van der Waals surface area contributed by atoms with Crippen molar-refractivity contribution in [1.82, 2.24) is 4.90 Å². The fraction of sp³-hybridized carbons (Fsp3) is 0.471. The number of benzene rings is 1. The van der Waals surface area contributed by atoms with Gasteiger partial charge in [0.2, 0.25) is 0 Å². The molecular formula is C17H21NO3. The fourth-order valence-corrected chi connectivity index (χ4v) is 3.34. The molecule has 4 heteroatoms. The van der Waals surface area contributed by atoms with Crippen molar-refractivity contribution in [2.75, 3.05) is 13.2 Å². The van der Waals surface area contributed by atoms with E-state index in [0.717, 1.165) is 25.3 Å². The van der Waals surface area contributed by atoms with Crippen molar-refractivity contribution >= 4 is 12.0 Å². The summed E-state index contributed by atoms with van der Waals surface area (Å²) in [6, 6.07) is 8.69. The normalized spacial score (nSPS) is 26.1. The highest BCUT2D eigenvalue weighted by atomic mass is 16.5. The number of carboxylic acids is 1. The van der Waals surface area contributed by atoms with Crippen LogP contribution >= 0.6 is 0 Å². The molecule has 112 valence electrons. The molecule has 1 aromatic carbocycles. The van der Waals surface area contributed by atoms with Gasteiger partial charge in [0.1, 0.15) is 0 Å². The minimum absolute atomic E-state index is 0.427. The van der Waals surface area contributed by atoms with Gasteiger partial charge in [-0.15, -0.1) is 0 Å². The van der Waals surface area contributed by atoms with E-state index in [1.807, 2.05) is 12.1 Å². The van der Waals surface area contributed by atoms with Gasteiger partial charge in [-0.1, -0.05) is 24.3 Å². The van der Waals surface area contributed by atoms with Gasteiger partial charge in [0.15, 0.2) is 0 Å². The van der Waals surface area contributed by atoms with Crippen molar-refractivity contribution in [2.45, 2.75) is 38.0 Å². The quantitative estimate of drug-likeness (QED) is 0.865. The largest absolute Gasteiger partial charge is 0.478 e. The van der Waals surface area contributed by atoms with Crippen molar-refractivity contribution in [3.05, 3.63) is 41.5 Å². The molecule has 21 heavy (non-hydrogen) atoms. The van der Waals surface area contributed by atoms with E-state index in [-0.39, 0.29) is 0 Å². The highest BCUT2D eigenvalue weighted by Gasteiger charge is 2.35. The zero-order chi connectivity index (χ0) is 14.7. The zero-order valence-corrected chi connectivity index (χ0v) is 12.1. The molecule has 1 heterocycles. The standard InChI is InChI=1S/C17H21NO3/c19-17(20)9-8-13-4-6-14(7-5-13)12-18-10-11-21-16-3-1-2-15(16)18/h4-9,15-16H,1-3,10-12H2,(H,19,20). The van der Waals surface area contributed by atoms with Crippen LogP contribution in [0.5, 0.6) is 0 Å². The van der Waals surface area contributed by atoms with Crippen LogP contribution in [0.3, 0.4) is 0 Å². The maximum absolute atomic E-state index is 10.5. The minimum atomic E-state index is -0.917. The Kier molecular flexibility index (Phi) is 4.36. The lowest BCUT2D eigenvalue weighted by Gasteiger charge is -2.37. The summed E-state index contributed by atoms with van der Waals surface area (Å²) in [5.74, 6) is -0.917. The summed E-state index contributed by atoms with van der Waals surface area (Å²) in [4.78, 5) is 13.0. The van der Waals surface area contributed by atoms with Gasteiger partial charge in [0.25, 0.3) is 0 Å². The molecule has 4 nitrogen and oxygen atoms in total. The highest BCUT2D eigenvalue weighted by Crippen LogP contribution is 2.30. The number of morpholine rings is 1. The number of fused-ring (bicyclic) bond motifs is 1. The second kappa shape index (κ2) is 6.41. The van der Waals surface area contributed by atoms with Crippen molar-refractivity contribution in [3.8, 4) is 0 Å². The average Bonchev–Trinajstić information content (AvgIpc) is 2.96. The van der Waals surface area contributed by atoms with Gasteiger partial charge < -0.3 is 9.84 Å². The van der Waals surface area contributed by atoms with Crippen LogP contribution in [-0.4, -0.2) is 41.3 Å². The maximum atomic E-state index is 10.5. The van der Waals surface area contributed by atoms with Crippen LogP contribution in [-0.2, 0) is 16.1 Å². The minimum Gasteiger partial charge on any atom is -0.478 e. The lowest BCUT2D eigenvalue weighted by Crippen LogP contribution is -2.47. The third kappa shape index (κ3) is 3.52. The second-order valence-electron chi connectivity index (χ2n) is 5.79. The van der Waals surface area contributed by atoms with Gasteiger partial charge >= 0.3 is 5.97 Å². The Bertz CT molecular complexity index is 523. The Labute approximate surface area is 125 Å². The molecule has 2 aliphatic rings. The SMILES string of the molecule is O=C(O)C=Cc1ccc(CN2CCOC3CCCC32)cc1. The molecule has 0 radical (unpaired) electrons. The fourth-order valence-electron chi connectivity index (χ4n) is 3.34. The summed E-state index contributed by atoms with van der Waals surface area (Å²) in [7, 11) is 0. The molecule has 1 aliphatic carbocycles. The number of rotatable bonds is 4. The first-order chi connectivity index (χ1) is 10.2. The summed E-state index contributed by atoms with van der Waals surface area (Å²) >= 11 is 0. The van der Waals surface area contributed by atoms with E-state index in [9.17, 15) is 4.79 Å². The first-order valence-corrected chi connectivity index (χ1v) is 7.58. The molecule has 0 aromatic heterocycles. The molecule has 1 saturated carbocycles. The number of aliphatic carboxylic acids is 1. The number of hydrogen-bond donors (Lipinski definition) is 1. The Balaban J connectivity index is 1.63. The van der Waals surface area contributed by atoms with Crippen LogP contribution in [0.2, 0.25) is 0 Å². The summed E-state index contributed by atoms with van der Waals surface area (Å²) in [5, 5.41) is 8.63. The molecule has 1 N–H and O–H groups in total. The molecule has 2 unspecified atom stereocenters. The monoisotopic (exact) mass is 287 g/mol. The summed E-state index contributed by atoms with van der Waals surface area (Å²) in [6.07, 6.45) is 6.92. The number of carbonyl (C=O) groups is 1. The smallest absolute Gasteiger partial charge is 0.328 e. The van der Waals surface area contributed by atoms with Gasteiger partial charge in [0.05, 0.1) is 12.7 Å². The zero-order valence-electron chi connectivity index (χ0n) is 12.1. The van der Waals surface area contributed by atoms with Crippen molar-refractivity contribution in [3.63, 3.8) is 0 Å². The maximum Gasteiger partial charge on any atom is 0.328 e. The van der Waals surface area contributed by atoms with Crippen molar-refractivity contribution in [1.29, 1.82) is 0 Å². The van der Waals surface area contributed by atoms with Gasteiger partial charge in [-0.05, 0) is 36.5 Å². The molecule has 1 saturated heterocycles. The van der Waals surface area contributed by atoms with Gasteiger partial charge in [0, 0.05) is 25.2 Å². The predicted octanol–water partition coefficient (Wildman–Crippen LogP) is 2.54. The van der Waals surface area contributed by atoms with Crippen LogP contribution in [0.25, 0.3) is 6.08 Å². The van der Waals surface area contributed by atoms with E-state index in [4.69, 9.17) is 9.84 Å². The number of nitrogens with zero attached hydrogens (tertiary/aromatic N) is 1. The second-order valence-corrected chi connectivity index (χ2v) is 5.79. The molecule has 2 atom stereocenters. The molecule has 1 aromatic rings. The predicted molar refractivity (Wildman–Crippen MR) is 80.9 cm³/mol. The lowest BCUT2D eigenvalue weighted by molar-refractivity contribution is -0.131. The van der Waals surface area contributed by atoms with Crippen LogP contribution < -0.4 is 0 Å². The number of carboxylic acid groups (broad SMARTS) is 1. The van der Waals surface area contributed by atoms with Crippen molar-refractivity contribution in [2.24, 2.45) is 0 Å². The molecular weight excluding hydrogens is 266 g/mol. The Hall–Kier alpha value is -1.65. The molecule has 1 aliphatic heterocycles. The number of ether oxygens (including phenoxy) is 1. The van der Waals surface area contributed by atoms with Crippen LogP contribution in [0, 0.1) is 0 Å². The lowest BCUT2D eigenvalue weighted by atomic mass is 10.1. The first-order valence-electron chi connectivity index (χ1n) is 7.58.